The predicted molar refractivity (Wildman–Crippen MR) is 94.4 cm³/mol. The molecule has 0 bridgehead atoms. The van der Waals surface area contributed by atoms with Crippen molar-refractivity contribution in [2.75, 3.05) is 5.73 Å². The summed E-state index contributed by atoms with van der Waals surface area (Å²) in [7, 11) is 1.63. The summed E-state index contributed by atoms with van der Waals surface area (Å²) >= 11 is 0. The fourth-order valence-electron chi connectivity index (χ4n) is 2.48. The third-order valence-electron chi connectivity index (χ3n) is 3.77. The van der Waals surface area contributed by atoms with Gasteiger partial charge in [-0.15, -0.1) is 0 Å². The highest BCUT2D eigenvalue weighted by Crippen LogP contribution is 2.31. The Labute approximate surface area is 148 Å². The van der Waals surface area contributed by atoms with Gasteiger partial charge in [0.1, 0.15) is 34.9 Å². The van der Waals surface area contributed by atoms with E-state index >= 15 is 0 Å². The minimum absolute atomic E-state index is 0.0778. The highest BCUT2D eigenvalue weighted by atomic mass is 16.4. The molecule has 0 aliphatic heterocycles. The van der Waals surface area contributed by atoms with Gasteiger partial charge in [0, 0.05) is 30.4 Å². The molecule has 0 saturated heterocycles. The lowest BCUT2D eigenvalue weighted by Crippen LogP contribution is -2.22. The first-order valence-corrected chi connectivity index (χ1v) is 7.71. The molecule has 1 amide bonds. The zero-order valence-corrected chi connectivity index (χ0v) is 14.2. The molecule has 134 valence electrons. The largest absolute Gasteiger partial charge is 0.469 e. The standard InChI is InChI=1S/C17H17N5O4/c1-9-5-11(8-26-9)15-14(10-3-4-13(23)22(2)7-10)21-16(18)12(20-15)6-19-17(24)25/h3-5,7-8,19H,6H2,1-2H3,(H2,18,21)(H,24,25). The van der Waals surface area contributed by atoms with E-state index in [1.165, 1.54) is 16.9 Å². The van der Waals surface area contributed by atoms with Crippen molar-refractivity contribution in [2.45, 2.75) is 13.5 Å². The molecule has 4 N–H and O–H groups in total. The summed E-state index contributed by atoms with van der Waals surface area (Å²) in [6, 6.07) is 4.86. The van der Waals surface area contributed by atoms with Crippen molar-refractivity contribution < 1.29 is 14.3 Å². The second kappa shape index (κ2) is 6.71. The Morgan fingerprint density at radius 1 is 1.31 bits per heavy atom. The number of hydrogen-bond donors (Lipinski definition) is 3. The molecule has 3 aromatic heterocycles. The molecule has 0 fully saturated rings. The van der Waals surface area contributed by atoms with Crippen molar-refractivity contribution in [3.8, 4) is 22.5 Å². The molecule has 0 aliphatic carbocycles. The van der Waals surface area contributed by atoms with Crippen LogP contribution in [0.25, 0.3) is 22.5 Å². The number of aromatic nitrogens is 3. The van der Waals surface area contributed by atoms with Gasteiger partial charge in [-0.25, -0.2) is 14.8 Å². The number of amides is 1. The average molecular weight is 355 g/mol. The van der Waals surface area contributed by atoms with Gasteiger partial charge in [0.15, 0.2) is 0 Å². The van der Waals surface area contributed by atoms with Crippen LogP contribution < -0.4 is 16.6 Å². The minimum Gasteiger partial charge on any atom is -0.469 e. The van der Waals surface area contributed by atoms with Gasteiger partial charge in [-0.05, 0) is 19.1 Å². The van der Waals surface area contributed by atoms with E-state index in [0.717, 1.165) is 0 Å². The number of carboxylic acid groups (broad SMARTS) is 1. The van der Waals surface area contributed by atoms with E-state index in [4.69, 9.17) is 15.3 Å². The molecule has 0 unspecified atom stereocenters. The van der Waals surface area contributed by atoms with Gasteiger partial charge in [-0.2, -0.15) is 0 Å². The van der Waals surface area contributed by atoms with Crippen molar-refractivity contribution in [3.05, 3.63) is 52.5 Å². The number of nitrogens with two attached hydrogens (primary N) is 1. The molecule has 0 saturated carbocycles. The molecular weight excluding hydrogens is 338 g/mol. The summed E-state index contributed by atoms with van der Waals surface area (Å²) in [5.74, 6) is 0.793. The highest BCUT2D eigenvalue weighted by Gasteiger charge is 2.17. The van der Waals surface area contributed by atoms with Gasteiger partial charge in [0.05, 0.1) is 6.54 Å². The molecule has 3 aromatic rings. The van der Waals surface area contributed by atoms with E-state index in [2.05, 4.69) is 15.3 Å². The number of furan rings is 1. The van der Waals surface area contributed by atoms with E-state index in [1.54, 1.807) is 32.3 Å². The van der Waals surface area contributed by atoms with E-state index in [9.17, 15) is 9.59 Å². The maximum Gasteiger partial charge on any atom is 0.404 e. The molecule has 0 atom stereocenters. The van der Waals surface area contributed by atoms with Crippen LogP contribution >= 0.6 is 0 Å². The first-order valence-electron chi connectivity index (χ1n) is 7.71. The third-order valence-corrected chi connectivity index (χ3v) is 3.77. The molecule has 9 nitrogen and oxygen atoms in total. The second-order valence-electron chi connectivity index (χ2n) is 5.72. The summed E-state index contributed by atoms with van der Waals surface area (Å²) < 4.78 is 6.79. The van der Waals surface area contributed by atoms with Crippen LogP contribution in [-0.4, -0.2) is 25.7 Å². The van der Waals surface area contributed by atoms with Crippen LogP contribution in [0.4, 0.5) is 10.6 Å². The van der Waals surface area contributed by atoms with Gasteiger partial charge in [0.25, 0.3) is 0 Å². The van der Waals surface area contributed by atoms with Gasteiger partial charge < -0.3 is 25.1 Å². The van der Waals surface area contributed by atoms with E-state index in [-0.39, 0.29) is 17.9 Å². The van der Waals surface area contributed by atoms with Gasteiger partial charge in [0.2, 0.25) is 5.56 Å². The van der Waals surface area contributed by atoms with Crippen LogP contribution in [0.3, 0.4) is 0 Å². The number of nitrogens with zero attached hydrogens (tertiary/aromatic N) is 3. The predicted octanol–water partition coefficient (Wildman–Crippen LogP) is 1.76. The van der Waals surface area contributed by atoms with Crippen LogP contribution in [0.15, 0.2) is 39.9 Å². The Hall–Kier alpha value is -3.62. The normalized spacial score (nSPS) is 10.7. The molecule has 0 spiro atoms. The molecule has 0 radical (unpaired) electrons. The number of rotatable bonds is 4. The quantitative estimate of drug-likeness (QED) is 0.648. The molecule has 26 heavy (non-hydrogen) atoms. The number of aryl methyl sites for hydroxylation is 2. The Morgan fingerprint density at radius 2 is 2.04 bits per heavy atom. The molecule has 0 aromatic carbocycles. The number of anilines is 1. The van der Waals surface area contributed by atoms with Crippen LogP contribution in [-0.2, 0) is 13.6 Å². The van der Waals surface area contributed by atoms with E-state index in [0.29, 0.717) is 34.0 Å². The van der Waals surface area contributed by atoms with Gasteiger partial charge in [-0.3, -0.25) is 4.79 Å². The molecule has 9 heteroatoms. The Kier molecular flexibility index (Phi) is 4.44. The fourth-order valence-corrected chi connectivity index (χ4v) is 2.48. The number of nitrogens with one attached hydrogen (secondary N) is 1. The topological polar surface area (TPSA) is 136 Å². The first kappa shape index (κ1) is 17.2. The maximum absolute atomic E-state index is 11.7. The van der Waals surface area contributed by atoms with Crippen molar-refractivity contribution in [3.63, 3.8) is 0 Å². The average Bonchev–Trinajstić information content (AvgIpc) is 3.02. The summed E-state index contributed by atoms with van der Waals surface area (Å²) in [5.41, 5.74) is 8.39. The Morgan fingerprint density at radius 3 is 2.65 bits per heavy atom. The number of hydrogen-bond acceptors (Lipinski definition) is 6. The van der Waals surface area contributed by atoms with Crippen LogP contribution in [0.5, 0.6) is 0 Å². The lowest BCUT2D eigenvalue weighted by molar-refractivity contribution is 0.194. The second-order valence-corrected chi connectivity index (χ2v) is 5.72. The molecule has 3 rings (SSSR count). The molecule has 3 heterocycles. The van der Waals surface area contributed by atoms with Crippen molar-refractivity contribution >= 4 is 11.9 Å². The Bertz CT molecular complexity index is 1040. The number of nitrogen functional groups attached to an aromatic ring is 1. The first-order chi connectivity index (χ1) is 12.3. The van der Waals surface area contributed by atoms with Crippen molar-refractivity contribution in [1.82, 2.24) is 19.9 Å². The Balaban J connectivity index is 2.18. The maximum atomic E-state index is 11.7. The summed E-state index contributed by atoms with van der Waals surface area (Å²) in [5, 5.41) is 11.0. The highest BCUT2D eigenvalue weighted by molar-refractivity contribution is 5.78. The summed E-state index contributed by atoms with van der Waals surface area (Å²) in [6.07, 6.45) is 1.99. The van der Waals surface area contributed by atoms with Gasteiger partial charge in [-0.1, -0.05) is 0 Å². The summed E-state index contributed by atoms with van der Waals surface area (Å²) in [6.45, 7) is 1.72. The van der Waals surface area contributed by atoms with Crippen LogP contribution in [0, 0.1) is 6.92 Å². The fraction of sp³-hybridized carbons (Fsp3) is 0.176. The monoisotopic (exact) mass is 355 g/mol. The summed E-state index contributed by atoms with van der Waals surface area (Å²) in [4.78, 5) is 31.3. The SMILES string of the molecule is Cc1cc(-c2nc(CNC(=O)O)c(N)nc2-c2ccc(=O)n(C)c2)co1. The smallest absolute Gasteiger partial charge is 0.404 e. The van der Waals surface area contributed by atoms with Crippen LogP contribution in [0.1, 0.15) is 11.5 Å². The third kappa shape index (κ3) is 3.41. The van der Waals surface area contributed by atoms with E-state index in [1.807, 2.05) is 0 Å². The van der Waals surface area contributed by atoms with E-state index < -0.39 is 6.09 Å². The minimum atomic E-state index is -1.19. The zero-order valence-electron chi connectivity index (χ0n) is 14.2. The zero-order chi connectivity index (χ0) is 18.8. The van der Waals surface area contributed by atoms with Crippen LogP contribution in [0.2, 0.25) is 0 Å². The molecular formula is C17H17N5O4. The van der Waals surface area contributed by atoms with Crippen molar-refractivity contribution in [2.24, 2.45) is 7.05 Å². The molecule has 0 aliphatic rings. The lowest BCUT2D eigenvalue weighted by atomic mass is 10.1. The van der Waals surface area contributed by atoms with Gasteiger partial charge >= 0.3 is 6.09 Å². The number of pyridine rings is 1. The number of carbonyl (C=O) groups is 1. The van der Waals surface area contributed by atoms with Crippen molar-refractivity contribution in [1.29, 1.82) is 0 Å². The lowest BCUT2D eigenvalue weighted by Gasteiger charge is -2.12.